The van der Waals surface area contributed by atoms with Gasteiger partial charge in [0, 0.05) is 12.0 Å². The third-order valence-corrected chi connectivity index (χ3v) is 3.20. The fourth-order valence-corrected chi connectivity index (χ4v) is 2.32. The number of aliphatic hydroxyl groups excluding tert-OH is 1. The maximum Gasteiger partial charge on any atom is 0.266 e. The molecule has 1 aromatic rings. The van der Waals surface area contributed by atoms with Crippen LogP contribution in [0.4, 0.5) is 0 Å². The number of hydrogen-bond donors (Lipinski definition) is 3. The Morgan fingerprint density at radius 2 is 1.86 bits per heavy atom. The van der Waals surface area contributed by atoms with Gasteiger partial charge in [-0.1, -0.05) is 11.8 Å². The van der Waals surface area contributed by atoms with Gasteiger partial charge in [0.15, 0.2) is 0 Å². The van der Waals surface area contributed by atoms with Crippen LogP contribution in [0.3, 0.4) is 0 Å². The molecule has 1 aromatic heterocycles. The summed E-state index contributed by atoms with van der Waals surface area (Å²) in [6, 6.07) is 1.65. The molecule has 0 saturated carbocycles. The van der Waals surface area contributed by atoms with Crippen molar-refractivity contribution in [1.29, 1.82) is 0 Å². The third kappa shape index (κ3) is 5.25. The molecule has 1 heterocycles. The summed E-state index contributed by atoms with van der Waals surface area (Å²) < 4.78 is 0. The van der Waals surface area contributed by atoms with Crippen LogP contribution in [-0.2, 0) is 9.59 Å². The molecule has 0 aliphatic carbocycles. The van der Waals surface area contributed by atoms with Gasteiger partial charge in [-0.2, -0.15) is 0 Å². The van der Waals surface area contributed by atoms with E-state index in [1.54, 1.807) is 11.4 Å². The molecule has 0 fully saturated rings. The van der Waals surface area contributed by atoms with Crippen LogP contribution in [0.25, 0.3) is 0 Å². The highest BCUT2D eigenvalue weighted by atomic mass is 32.1. The summed E-state index contributed by atoms with van der Waals surface area (Å²) in [4.78, 5) is 35.6. The van der Waals surface area contributed by atoms with E-state index in [9.17, 15) is 14.4 Å². The van der Waals surface area contributed by atoms with Gasteiger partial charge in [-0.25, -0.2) is 0 Å². The van der Waals surface area contributed by atoms with Crippen molar-refractivity contribution in [3.05, 3.63) is 21.9 Å². The number of hydrogen-bond acceptors (Lipinski definition) is 5. The van der Waals surface area contributed by atoms with E-state index >= 15 is 0 Å². The number of carbonyl (C=O) groups is 3. The molecule has 0 unspecified atom stereocenters. The quantitative estimate of drug-likeness (QED) is 0.576. The molecule has 1 rings (SSSR count). The molecule has 0 aromatic carbocycles. The van der Waals surface area contributed by atoms with Gasteiger partial charge in [0.1, 0.15) is 18.0 Å². The Bertz CT molecular complexity index is 584. The predicted octanol–water partition coefficient (Wildman–Crippen LogP) is -1.11. The van der Waals surface area contributed by atoms with Crippen molar-refractivity contribution < 1.29 is 19.5 Å². The van der Waals surface area contributed by atoms with Crippen LogP contribution in [0, 0.1) is 11.8 Å². The van der Waals surface area contributed by atoms with E-state index < -0.39 is 30.8 Å². The lowest BCUT2D eigenvalue weighted by molar-refractivity contribution is -0.121. The van der Waals surface area contributed by atoms with Crippen molar-refractivity contribution >= 4 is 29.1 Å². The van der Waals surface area contributed by atoms with Gasteiger partial charge in [0.25, 0.3) is 5.91 Å². The monoisotopic (exact) mass is 309 g/mol. The number of thiophene rings is 1. The highest BCUT2D eigenvalue weighted by Crippen LogP contribution is 2.18. The fraction of sp³-hybridized carbons (Fsp3) is 0.308. The topological polar surface area (TPSA) is 127 Å². The van der Waals surface area contributed by atoms with Crippen molar-refractivity contribution in [2.24, 2.45) is 11.5 Å². The fourth-order valence-electron chi connectivity index (χ4n) is 1.51. The number of rotatable bonds is 6. The molecule has 5 N–H and O–H groups in total. The van der Waals surface area contributed by atoms with Gasteiger partial charge in [-0.05, 0) is 11.4 Å². The second-order valence-electron chi connectivity index (χ2n) is 4.03. The third-order valence-electron chi connectivity index (χ3n) is 2.30. The lowest BCUT2D eigenvalue weighted by Crippen LogP contribution is -2.43. The molecule has 0 radical (unpaired) electrons. The van der Waals surface area contributed by atoms with E-state index in [4.69, 9.17) is 16.6 Å². The van der Waals surface area contributed by atoms with E-state index in [1.165, 1.54) is 0 Å². The Labute approximate surface area is 125 Å². The first-order valence-corrected chi connectivity index (χ1v) is 6.86. The minimum atomic E-state index is -0.742. The molecule has 21 heavy (non-hydrogen) atoms. The van der Waals surface area contributed by atoms with E-state index in [0.29, 0.717) is 10.4 Å². The number of primary amides is 2. The Morgan fingerprint density at radius 3 is 2.38 bits per heavy atom. The Morgan fingerprint density at radius 1 is 1.24 bits per heavy atom. The van der Waals surface area contributed by atoms with Gasteiger partial charge in [0.2, 0.25) is 11.8 Å². The summed E-state index contributed by atoms with van der Waals surface area (Å²) in [7, 11) is 0. The number of aliphatic hydroxyl groups is 1. The molecule has 0 saturated heterocycles. The maximum atomic E-state index is 12.3. The number of nitrogens with two attached hydrogens (primary N) is 2. The summed E-state index contributed by atoms with van der Waals surface area (Å²) in [5.74, 6) is 3.45. The van der Waals surface area contributed by atoms with Crippen molar-refractivity contribution in [1.82, 2.24) is 4.90 Å². The SMILES string of the molecule is NC(=O)CN(CC(N)=O)C(=O)c1sccc1C#CCCO. The first kappa shape index (κ1) is 16.7. The molecule has 3 amide bonds. The van der Waals surface area contributed by atoms with Gasteiger partial charge >= 0.3 is 0 Å². The molecule has 0 bridgehead atoms. The summed E-state index contributed by atoms with van der Waals surface area (Å²) >= 11 is 1.14. The normalized spacial score (nSPS) is 9.57. The van der Waals surface area contributed by atoms with Crippen LogP contribution in [0.15, 0.2) is 11.4 Å². The lowest BCUT2D eigenvalue weighted by Gasteiger charge is -2.18. The Kier molecular flexibility index (Phi) is 6.39. The van der Waals surface area contributed by atoms with Crippen molar-refractivity contribution in [3.8, 4) is 11.8 Å². The van der Waals surface area contributed by atoms with Gasteiger partial charge in [-0.3, -0.25) is 14.4 Å². The van der Waals surface area contributed by atoms with Crippen molar-refractivity contribution in [2.45, 2.75) is 6.42 Å². The second-order valence-corrected chi connectivity index (χ2v) is 4.95. The largest absolute Gasteiger partial charge is 0.395 e. The average molecular weight is 309 g/mol. The van der Waals surface area contributed by atoms with E-state index in [1.807, 2.05) is 0 Å². The summed E-state index contributed by atoms with van der Waals surface area (Å²) in [5, 5.41) is 10.4. The summed E-state index contributed by atoms with van der Waals surface area (Å²) in [6.45, 7) is -0.873. The molecule has 0 atom stereocenters. The van der Waals surface area contributed by atoms with E-state index in [0.717, 1.165) is 16.2 Å². The van der Waals surface area contributed by atoms with E-state index in [-0.39, 0.29) is 13.0 Å². The van der Waals surface area contributed by atoms with Gasteiger partial charge < -0.3 is 21.5 Å². The highest BCUT2D eigenvalue weighted by molar-refractivity contribution is 7.12. The molecule has 7 nitrogen and oxygen atoms in total. The van der Waals surface area contributed by atoms with Gasteiger partial charge in [-0.15, -0.1) is 11.3 Å². The van der Waals surface area contributed by atoms with Crippen LogP contribution < -0.4 is 11.5 Å². The first-order chi connectivity index (χ1) is 9.95. The second kappa shape index (κ2) is 8.04. The minimum Gasteiger partial charge on any atom is -0.395 e. The molecule has 0 aliphatic heterocycles. The summed E-state index contributed by atoms with van der Waals surface area (Å²) in [6.07, 6.45) is 0.287. The van der Waals surface area contributed by atoms with Crippen molar-refractivity contribution in [2.75, 3.05) is 19.7 Å². The zero-order chi connectivity index (χ0) is 15.8. The molecule has 0 aliphatic rings. The first-order valence-electron chi connectivity index (χ1n) is 5.98. The van der Waals surface area contributed by atoms with Crippen LogP contribution in [0.5, 0.6) is 0 Å². The zero-order valence-corrected chi connectivity index (χ0v) is 12.0. The minimum absolute atomic E-state index is 0.0735. The zero-order valence-electron chi connectivity index (χ0n) is 11.2. The van der Waals surface area contributed by atoms with Gasteiger partial charge in [0.05, 0.1) is 6.61 Å². The molecule has 8 heteroatoms. The average Bonchev–Trinajstić information content (AvgIpc) is 2.84. The smallest absolute Gasteiger partial charge is 0.266 e. The number of carbonyl (C=O) groups excluding carboxylic acids is 3. The molecular formula is C13H15N3O4S. The van der Waals surface area contributed by atoms with Crippen LogP contribution in [0.1, 0.15) is 21.7 Å². The lowest BCUT2D eigenvalue weighted by atomic mass is 10.2. The number of amides is 3. The maximum absolute atomic E-state index is 12.3. The van der Waals surface area contributed by atoms with Crippen LogP contribution in [-0.4, -0.2) is 47.4 Å². The highest BCUT2D eigenvalue weighted by Gasteiger charge is 2.22. The van der Waals surface area contributed by atoms with Crippen molar-refractivity contribution in [3.63, 3.8) is 0 Å². The molecule has 112 valence electrons. The number of nitrogens with zero attached hydrogens (tertiary/aromatic N) is 1. The van der Waals surface area contributed by atoms with E-state index in [2.05, 4.69) is 11.8 Å². The molecular weight excluding hydrogens is 294 g/mol. The molecule has 0 spiro atoms. The summed E-state index contributed by atoms with van der Waals surface area (Å²) in [5.41, 5.74) is 10.6. The van der Waals surface area contributed by atoms with Crippen LogP contribution >= 0.6 is 11.3 Å². The van der Waals surface area contributed by atoms with Crippen LogP contribution in [0.2, 0.25) is 0 Å². The Balaban J connectivity index is 2.99. The Hall–Kier alpha value is -2.37. The predicted molar refractivity (Wildman–Crippen MR) is 77.2 cm³/mol. The standard InChI is InChI=1S/C13H15N3O4S/c14-10(18)7-16(8-11(15)19)13(20)12-9(4-6-21-12)3-1-2-5-17/h4,6,17H,2,5,7-8H2,(H2,14,18)(H2,15,19).